The van der Waals surface area contributed by atoms with Crippen LogP contribution in [0.15, 0.2) is 73.1 Å². The molecule has 0 aliphatic rings. The van der Waals surface area contributed by atoms with E-state index < -0.39 is 0 Å². The van der Waals surface area contributed by atoms with Crippen molar-refractivity contribution < 1.29 is 0 Å². The summed E-state index contributed by atoms with van der Waals surface area (Å²) in [5.41, 5.74) is 13.1. The van der Waals surface area contributed by atoms with Gasteiger partial charge in [-0.05, 0) is 63.0 Å². The van der Waals surface area contributed by atoms with Gasteiger partial charge in [-0.1, -0.05) is 75.9 Å². The molecule has 6 heteroatoms. The second-order valence-electron chi connectivity index (χ2n) is 12.3. The second kappa shape index (κ2) is 14.4. The van der Waals surface area contributed by atoms with Gasteiger partial charge in [-0.15, -0.1) is 0 Å². The Hall–Kier alpha value is -3.74. The van der Waals surface area contributed by atoms with E-state index in [1.54, 1.807) is 0 Å². The predicted molar refractivity (Wildman–Crippen MR) is 186 cm³/mol. The summed E-state index contributed by atoms with van der Waals surface area (Å²) in [6, 6.07) is 22.3. The molecule has 4 heterocycles. The largest absolute Gasteiger partial charge is 0.339 e. The Morgan fingerprint density at radius 3 is 1.59 bits per heavy atom. The number of benzene rings is 2. The van der Waals surface area contributed by atoms with Crippen LogP contribution < -0.4 is 5.73 Å². The van der Waals surface area contributed by atoms with E-state index in [1.807, 2.05) is 0 Å². The Morgan fingerprint density at radius 1 is 0.591 bits per heavy atom. The van der Waals surface area contributed by atoms with Gasteiger partial charge in [0.25, 0.3) is 0 Å². The molecule has 0 unspecified atom stereocenters. The van der Waals surface area contributed by atoms with Crippen LogP contribution in [0.25, 0.3) is 43.6 Å². The van der Waals surface area contributed by atoms with Crippen molar-refractivity contribution in [2.24, 2.45) is 5.73 Å². The molecule has 230 valence electrons. The highest BCUT2D eigenvalue weighted by atomic mass is 15.1. The fourth-order valence-corrected chi connectivity index (χ4v) is 6.77. The number of hydrogen-bond acceptors (Lipinski definition) is 4. The van der Waals surface area contributed by atoms with Crippen molar-refractivity contribution in [3.8, 4) is 0 Å². The quantitative estimate of drug-likeness (QED) is 0.115. The lowest BCUT2D eigenvalue weighted by Crippen LogP contribution is -2.25. The molecule has 0 amide bonds. The summed E-state index contributed by atoms with van der Waals surface area (Å²) in [7, 11) is 0. The number of para-hydroxylation sites is 2. The fraction of sp³-hybridized carbons (Fsp3) is 0.421. The van der Waals surface area contributed by atoms with Crippen LogP contribution >= 0.6 is 0 Å². The minimum atomic E-state index is 0.773. The maximum absolute atomic E-state index is 5.77. The molecule has 44 heavy (non-hydrogen) atoms. The van der Waals surface area contributed by atoms with E-state index >= 15 is 0 Å². The fourth-order valence-electron chi connectivity index (χ4n) is 6.77. The Kier molecular flexibility index (Phi) is 9.89. The summed E-state index contributed by atoms with van der Waals surface area (Å²) >= 11 is 0. The third-order valence-electron chi connectivity index (χ3n) is 9.10. The summed E-state index contributed by atoms with van der Waals surface area (Å²) in [5, 5.41) is 5.26. The lowest BCUT2D eigenvalue weighted by molar-refractivity contribution is 0.245. The van der Waals surface area contributed by atoms with Gasteiger partial charge in [0.2, 0.25) is 0 Å². The van der Waals surface area contributed by atoms with Crippen molar-refractivity contribution in [2.75, 3.05) is 13.1 Å². The van der Waals surface area contributed by atoms with Crippen LogP contribution in [0.2, 0.25) is 0 Å². The number of fused-ring (bicyclic) bond motifs is 6. The summed E-state index contributed by atoms with van der Waals surface area (Å²) in [5.74, 6) is 0. The number of pyridine rings is 2. The highest BCUT2D eigenvalue weighted by Crippen LogP contribution is 2.31. The molecule has 0 saturated heterocycles. The molecular weight excluding hydrogens is 540 g/mol. The smallest absolute Gasteiger partial charge is 0.0678 e. The topological polar surface area (TPSA) is 64.9 Å². The van der Waals surface area contributed by atoms with Crippen LogP contribution in [-0.4, -0.2) is 37.1 Å². The molecule has 4 aromatic heterocycles. The Morgan fingerprint density at radius 2 is 1.09 bits per heavy atom. The Balaban J connectivity index is 1.30. The molecule has 6 aromatic rings. The van der Waals surface area contributed by atoms with Crippen molar-refractivity contribution in [2.45, 2.75) is 91.4 Å². The van der Waals surface area contributed by atoms with Gasteiger partial charge < -0.3 is 14.9 Å². The average molecular weight is 589 g/mol. The number of rotatable bonds is 16. The third-order valence-corrected chi connectivity index (χ3v) is 9.10. The van der Waals surface area contributed by atoms with Crippen LogP contribution in [0.4, 0.5) is 0 Å². The molecule has 0 atom stereocenters. The van der Waals surface area contributed by atoms with Crippen molar-refractivity contribution >= 4 is 43.6 Å². The van der Waals surface area contributed by atoms with Gasteiger partial charge in [0.1, 0.15) is 0 Å². The average Bonchev–Trinajstić information content (AvgIpc) is 3.54. The first kappa shape index (κ1) is 30.3. The highest BCUT2D eigenvalue weighted by molar-refractivity contribution is 6.08. The maximum atomic E-state index is 5.77. The van der Waals surface area contributed by atoms with Crippen molar-refractivity contribution in [3.63, 3.8) is 0 Å². The van der Waals surface area contributed by atoms with Crippen molar-refractivity contribution in [3.05, 3.63) is 84.4 Å². The Labute approximate surface area is 261 Å². The summed E-state index contributed by atoms with van der Waals surface area (Å²) in [4.78, 5) is 12.6. The standard InChI is InChI=1S/C38H48N6/c1-3-5-21-43-35-17-11-9-15-31(35)33-23-29(40-25-37(33)43)27-42(20-14-8-7-13-19-39)28-30-24-34-32-16-10-12-18-36(32)44(22-6-4-2)38(34)26-41-30/h9-12,15-18,23-26H,3-8,13-14,19-22,27-28,39H2,1-2H3. The SMILES string of the molecule is CCCCn1c2ccccc2c2cc(CN(CCCCCCN)Cc3cc4c5ccccc5n(CCCC)c4cn3)ncc21. The number of nitrogens with zero attached hydrogens (tertiary/aromatic N) is 5. The molecule has 2 aromatic carbocycles. The minimum absolute atomic E-state index is 0.773. The highest BCUT2D eigenvalue weighted by Gasteiger charge is 2.16. The Bertz CT molecular complexity index is 1700. The van der Waals surface area contributed by atoms with E-state index in [9.17, 15) is 0 Å². The van der Waals surface area contributed by atoms with E-state index in [0.29, 0.717) is 0 Å². The van der Waals surface area contributed by atoms with Crippen LogP contribution in [0, 0.1) is 0 Å². The molecule has 0 aliphatic carbocycles. The van der Waals surface area contributed by atoms with Crippen LogP contribution in [0.5, 0.6) is 0 Å². The van der Waals surface area contributed by atoms with Gasteiger partial charge in [0, 0.05) is 58.8 Å². The van der Waals surface area contributed by atoms with Gasteiger partial charge in [-0.25, -0.2) is 0 Å². The van der Waals surface area contributed by atoms with Gasteiger partial charge in [-0.2, -0.15) is 0 Å². The first-order valence-corrected chi connectivity index (χ1v) is 16.9. The molecule has 6 rings (SSSR count). The number of aromatic nitrogens is 4. The summed E-state index contributed by atoms with van der Waals surface area (Å²) < 4.78 is 4.91. The van der Waals surface area contributed by atoms with E-state index in [0.717, 1.165) is 63.5 Å². The maximum Gasteiger partial charge on any atom is 0.0678 e. The van der Waals surface area contributed by atoms with E-state index in [1.165, 1.54) is 82.1 Å². The molecule has 0 spiro atoms. The van der Waals surface area contributed by atoms with E-state index in [2.05, 4.69) is 101 Å². The first-order valence-electron chi connectivity index (χ1n) is 16.9. The summed E-state index contributed by atoms with van der Waals surface area (Å²) in [6.07, 6.45) is 13.5. The molecular formula is C38H48N6. The van der Waals surface area contributed by atoms with Crippen molar-refractivity contribution in [1.82, 2.24) is 24.0 Å². The minimum Gasteiger partial charge on any atom is -0.339 e. The van der Waals surface area contributed by atoms with Crippen molar-refractivity contribution in [1.29, 1.82) is 0 Å². The molecule has 0 fully saturated rings. The van der Waals surface area contributed by atoms with Crippen LogP contribution in [-0.2, 0) is 26.2 Å². The molecule has 0 aliphatic heterocycles. The molecule has 0 radical (unpaired) electrons. The lowest BCUT2D eigenvalue weighted by atomic mass is 10.1. The number of hydrogen-bond donors (Lipinski definition) is 1. The predicted octanol–water partition coefficient (Wildman–Crippen LogP) is 8.81. The number of aryl methyl sites for hydroxylation is 2. The summed E-state index contributed by atoms with van der Waals surface area (Å²) in [6.45, 7) is 9.96. The zero-order valence-corrected chi connectivity index (χ0v) is 26.6. The van der Waals surface area contributed by atoms with Crippen LogP contribution in [0.1, 0.15) is 76.6 Å². The van der Waals surface area contributed by atoms with Gasteiger partial charge >= 0.3 is 0 Å². The van der Waals surface area contributed by atoms with Gasteiger partial charge in [-0.3, -0.25) is 14.9 Å². The van der Waals surface area contributed by atoms with E-state index in [4.69, 9.17) is 15.7 Å². The van der Waals surface area contributed by atoms with Gasteiger partial charge in [0.05, 0.1) is 34.8 Å². The third kappa shape index (κ3) is 6.38. The first-order chi connectivity index (χ1) is 21.7. The normalized spacial score (nSPS) is 12.1. The second-order valence-corrected chi connectivity index (χ2v) is 12.3. The number of nitrogens with two attached hydrogens (primary N) is 1. The zero-order chi connectivity index (χ0) is 30.3. The number of unbranched alkanes of at least 4 members (excludes halogenated alkanes) is 5. The molecule has 2 N–H and O–H groups in total. The molecule has 0 bridgehead atoms. The molecule has 6 nitrogen and oxygen atoms in total. The van der Waals surface area contributed by atoms with E-state index in [-0.39, 0.29) is 0 Å². The van der Waals surface area contributed by atoms with Gasteiger partial charge in [0.15, 0.2) is 0 Å². The lowest BCUT2D eigenvalue weighted by Gasteiger charge is -2.22. The van der Waals surface area contributed by atoms with Crippen LogP contribution in [0.3, 0.4) is 0 Å². The zero-order valence-electron chi connectivity index (χ0n) is 26.6. The molecule has 0 saturated carbocycles. The monoisotopic (exact) mass is 588 g/mol.